The summed E-state index contributed by atoms with van der Waals surface area (Å²) in [6.07, 6.45) is 4.10. The Morgan fingerprint density at radius 1 is 1.37 bits per heavy atom. The van der Waals surface area contributed by atoms with Gasteiger partial charge in [-0.05, 0) is 32.0 Å². The minimum absolute atomic E-state index is 0.0601. The normalized spacial score (nSPS) is 22.5. The van der Waals surface area contributed by atoms with E-state index >= 15 is 0 Å². The Morgan fingerprint density at radius 2 is 2.16 bits per heavy atom. The number of nitrogens with two attached hydrogens (primary N) is 1. The Balaban J connectivity index is 2.06. The van der Waals surface area contributed by atoms with Crippen molar-refractivity contribution < 1.29 is 0 Å². The van der Waals surface area contributed by atoms with Gasteiger partial charge in [0.25, 0.3) is 0 Å². The first-order chi connectivity index (χ1) is 9.15. The Hall–Kier alpha value is -1.13. The van der Waals surface area contributed by atoms with Gasteiger partial charge < -0.3 is 10.6 Å². The van der Waals surface area contributed by atoms with E-state index in [4.69, 9.17) is 5.73 Å². The van der Waals surface area contributed by atoms with Gasteiger partial charge in [-0.3, -0.25) is 9.88 Å². The minimum Gasteiger partial charge on any atom is -0.367 e. The number of hydrogen-bond donors (Lipinski definition) is 1. The highest BCUT2D eigenvalue weighted by Gasteiger charge is 2.23. The molecule has 1 saturated heterocycles. The van der Waals surface area contributed by atoms with Gasteiger partial charge in [-0.2, -0.15) is 0 Å². The van der Waals surface area contributed by atoms with E-state index in [1.807, 2.05) is 6.20 Å². The number of likely N-dealkylation sites (N-methyl/N-ethyl adjacent to an activating group) is 1. The van der Waals surface area contributed by atoms with E-state index < -0.39 is 0 Å². The molecule has 1 aromatic heterocycles. The second-order valence-corrected chi connectivity index (χ2v) is 5.44. The van der Waals surface area contributed by atoms with Gasteiger partial charge in [0, 0.05) is 31.7 Å². The summed E-state index contributed by atoms with van der Waals surface area (Å²) in [5.41, 5.74) is 8.22. The van der Waals surface area contributed by atoms with Gasteiger partial charge in [0.2, 0.25) is 0 Å². The van der Waals surface area contributed by atoms with Crippen molar-refractivity contribution in [2.75, 3.05) is 31.6 Å². The van der Waals surface area contributed by atoms with Crippen LogP contribution in [0.5, 0.6) is 0 Å². The molecule has 0 aliphatic carbocycles. The van der Waals surface area contributed by atoms with E-state index in [1.165, 1.54) is 12.1 Å². The summed E-state index contributed by atoms with van der Waals surface area (Å²) in [6, 6.07) is 4.94. The van der Waals surface area contributed by atoms with Gasteiger partial charge in [0.15, 0.2) is 0 Å². The van der Waals surface area contributed by atoms with E-state index in [9.17, 15) is 0 Å². The van der Waals surface area contributed by atoms with Crippen LogP contribution in [0.4, 0.5) is 5.69 Å². The van der Waals surface area contributed by atoms with Crippen LogP contribution in [0.25, 0.3) is 0 Å². The topological polar surface area (TPSA) is 45.4 Å². The maximum Gasteiger partial charge on any atom is 0.0572 e. The highest BCUT2D eigenvalue weighted by molar-refractivity contribution is 5.45. The van der Waals surface area contributed by atoms with Crippen molar-refractivity contribution >= 4 is 5.69 Å². The highest BCUT2D eigenvalue weighted by atomic mass is 15.3. The molecule has 19 heavy (non-hydrogen) atoms. The molecule has 2 rings (SSSR count). The fourth-order valence-corrected chi connectivity index (χ4v) is 2.63. The monoisotopic (exact) mass is 262 g/mol. The van der Waals surface area contributed by atoms with Crippen molar-refractivity contribution in [3.8, 4) is 0 Å². The molecular formula is C15H26N4. The number of anilines is 1. The lowest BCUT2D eigenvalue weighted by Gasteiger charge is -2.40. The van der Waals surface area contributed by atoms with Crippen LogP contribution >= 0.6 is 0 Å². The predicted molar refractivity (Wildman–Crippen MR) is 80.4 cm³/mol. The van der Waals surface area contributed by atoms with Crippen LogP contribution in [0.3, 0.4) is 0 Å². The lowest BCUT2D eigenvalue weighted by atomic mass is 10.1. The first-order valence-electron chi connectivity index (χ1n) is 7.32. The molecule has 2 atom stereocenters. The standard InChI is InChI=1S/C15H26N4/c1-4-12-11-19(9-8-18(12)3)13-6-7-15(17-10-13)14(16)5-2/h6-7,10,12,14H,4-5,8-9,11,16H2,1-3H3/t12?,14-/m1/s1. The summed E-state index contributed by atoms with van der Waals surface area (Å²) in [5, 5.41) is 0. The maximum absolute atomic E-state index is 6.00. The quantitative estimate of drug-likeness (QED) is 0.902. The molecule has 1 aromatic rings. The van der Waals surface area contributed by atoms with Gasteiger partial charge in [0.05, 0.1) is 17.6 Å². The van der Waals surface area contributed by atoms with Crippen molar-refractivity contribution in [2.24, 2.45) is 5.73 Å². The molecule has 0 spiro atoms. The van der Waals surface area contributed by atoms with Crippen LogP contribution in [0.1, 0.15) is 38.4 Å². The largest absolute Gasteiger partial charge is 0.367 e. The first kappa shape index (κ1) is 14.3. The third-order valence-electron chi connectivity index (χ3n) is 4.20. The van der Waals surface area contributed by atoms with Crippen LogP contribution in [0.2, 0.25) is 0 Å². The number of aromatic nitrogens is 1. The zero-order valence-corrected chi connectivity index (χ0v) is 12.3. The molecule has 106 valence electrons. The summed E-state index contributed by atoms with van der Waals surface area (Å²) in [5.74, 6) is 0. The summed E-state index contributed by atoms with van der Waals surface area (Å²) < 4.78 is 0. The fourth-order valence-electron chi connectivity index (χ4n) is 2.63. The molecule has 1 unspecified atom stereocenters. The fraction of sp³-hybridized carbons (Fsp3) is 0.667. The molecule has 4 heteroatoms. The number of hydrogen-bond acceptors (Lipinski definition) is 4. The van der Waals surface area contributed by atoms with Crippen LogP contribution in [0, 0.1) is 0 Å². The number of rotatable bonds is 4. The lowest BCUT2D eigenvalue weighted by Crippen LogP contribution is -2.51. The Labute approximate surface area is 116 Å². The summed E-state index contributed by atoms with van der Waals surface area (Å²) in [4.78, 5) is 9.40. The van der Waals surface area contributed by atoms with Gasteiger partial charge in [-0.1, -0.05) is 13.8 Å². The maximum atomic E-state index is 6.00. The molecule has 2 heterocycles. The van der Waals surface area contributed by atoms with Crippen molar-refractivity contribution in [2.45, 2.75) is 38.8 Å². The zero-order chi connectivity index (χ0) is 13.8. The summed E-state index contributed by atoms with van der Waals surface area (Å²) >= 11 is 0. The SMILES string of the molecule is CCC1CN(c2ccc([C@H](N)CC)nc2)CCN1C. The van der Waals surface area contributed by atoms with Crippen molar-refractivity contribution in [3.63, 3.8) is 0 Å². The minimum atomic E-state index is 0.0601. The van der Waals surface area contributed by atoms with E-state index in [0.717, 1.165) is 31.7 Å². The van der Waals surface area contributed by atoms with Gasteiger partial charge >= 0.3 is 0 Å². The molecule has 0 amide bonds. The Morgan fingerprint density at radius 3 is 2.74 bits per heavy atom. The van der Waals surface area contributed by atoms with E-state index in [2.05, 4.69) is 47.8 Å². The van der Waals surface area contributed by atoms with E-state index in [0.29, 0.717) is 6.04 Å². The summed E-state index contributed by atoms with van der Waals surface area (Å²) in [7, 11) is 2.22. The number of nitrogens with zero attached hydrogens (tertiary/aromatic N) is 3. The van der Waals surface area contributed by atoms with Crippen LogP contribution in [-0.4, -0.2) is 42.6 Å². The number of pyridine rings is 1. The Bertz CT molecular complexity index is 390. The van der Waals surface area contributed by atoms with Gasteiger partial charge in [-0.15, -0.1) is 0 Å². The van der Waals surface area contributed by atoms with Crippen LogP contribution in [-0.2, 0) is 0 Å². The van der Waals surface area contributed by atoms with E-state index in [-0.39, 0.29) is 6.04 Å². The third kappa shape index (κ3) is 3.25. The van der Waals surface area contributed by atoms with Gasteiger partial charge in [0.1, 0.15) is 0 Å². The smallest absolute Gasteiger partial charge is 0.0572 e. The van der Waals surface area contributed by atoms with E-state index in [1.54, 1.807) is 0 Å². The number of piperazine rings is 1. The second-order valence-electron chi connectivity index (χ2n) is 5.44. The molecule has 0 radical (unpaired) electrons. The van der Waals surface area contributed by atoms with Crippen LogP contribution in [0.15, 0.2) is 18.3 Å². The average molecular weight is 262 g/mol. The molecule has 1 fully saturated rings. The third-order valence-corrected chi connectivity index (χ3v) is 4.20. The highest BCUT2D eigenvalue weighted by Crippen LogP contribution is 2.20. The average Bonchev–Trinajstić information content (AvgIpc) is 2.47. The van der Waals surface area contributed by atoms with Gasteiger partial charge in [-0.25, -0.2) is 0 Å². The molecule has 4 nitrogen and oxygen atoms in total. The van der Waals surface area contributed by atoms with Crippen LogP contribution < -0.4 is 10.6 Å². The lowest BCUT2D eigenvalue weighted by molar-refractivity contribution is 0.213. The molecule has 0 saturated carbocycles. The molecular weight excluding hydrogens is 236 g/mol. The summed E-state index contributed by atoms with van der Waals surface area (Å²) in [6.45, 7) is 7.63. The van der Waals surface area contributed by atoms with Crippen molar-refractivity contribution in [1.29, 1.82) is 0 Å². The molecule has 1 aliphatic rings. The molecule has 1 aliphatic heterocycles. The van der Waals surface area contributed by atoms with Crippen molar-refractivity contribution in [3.05, 3.63) is 24.0 Å². The molecule has 0 bridgehead atoms. The van der Waals surface area contributed by atoms with Crippen molar-refractivity contribution in [1.82, 2.24) is 9.88 Å². The predicted octanol–water partition coefficient (Wildman–Crippen LogP) is 2.02. The molecule has 2 N–H and O–H groups in total. The zero-order valence-electron chi connectivity index (χ0n) is 12.3. The Kier molecular flexibility index (Phi) is 4.77. The second kappa shape index (κ2) is 6.35. The molecule has 0 aromatic carbocycles. The first-order valence-corrected chi connectivity index (χ1v) is 7.32.